The van der Waals surface area contributed by atoms with Gasteiger partial charge in [0.25, 0.3) is 0 Å². The zero-order valence-electron chi connectivity index (χ0n) is 8.97. The summed E-state index contributed by atoms with van der Waals surface area (Å²) in [5.41, 5.74) is 0.693. The Morgan fingerprint density at radius 3 is 2.38 bits per heavy atom. The van der Waals surface area contributed by atoms with Crippen LogP contribution in [0.2, 0.25) is 0 Å². The summed E-state index contributed by atoms with van der Waals surface area (Å²) in [5.74, 6) is 0.257. The maximum atomic E-state index is 13.2. The van der Waals surface area contributed by atoms with Gasteiger partial charge in [-0.05, 0) is 30.9 Å². The molecule has 0 fully saturated rings. The summed E-state index contributed by atoms with van der Waals surface area (Å²) in [5, 5.41) is 0. The average molecular weight is 182 g/mol. The van der Waals surface area contributed by atoms with E-state index in [9.17, 15) is 4.39 Å². The minimum atomic E-state index is -0.140. The molecule has 0 atom stereocenters. The van der Waals surface area contributed by atoms with Crippen molar-refractivity contribution < 1.29 is 4.39 Å². The van der Waals surface area contributed by atoms with Crippen molar-refractivity contribution in [1.29, 1.82) is 0 Å². The predicted molar refractivity (Wildman–Crippen MR) is 57.2 cm³/mol. The molecule has 0 bridgehead atoms. The largest absolute Gasteiger partial charge is 0.207 e. The molecule has 0 aromatic carbocycles. The standard InChI is InChI=1S/C12H19F/c1-5-6-7-11(4)12(13)9-8-10(2)3/h6-10H,5H2,1-4H3/b7-6-,9-8+,12-11+. The molecule has 0 aliphatic rings. The van der Waals surface area contributed by atoms with Gasteiger partial charge in [0.1, 0.15) is 5.83 Å². The highest BCUT2D eigenvalue weighted by Crippen LogP contribution is 2.10. The molecule has 0 amide bonds. The molecule has 0 aliphatic carbocycles. The van der Waals surface area contributed by atoms with Crippen LogP contribution in [0.4, 0.5) is 4.39 Å². The Morgan fingerprint density at radius 1 is 1.31 bits per heavy atom. The molecule has 0 saturated carbocycles. The number of allylic oxidation sites excluding steroid dienone is 6. The average Bonchev–Trinajstić information content (AvgIpc) is 2.10. The van der Waals surface area contributed by atoms with Crippen molar-refractivity contribution in [2.45, 2.75) is 34.1 Å². The molecule has 0 unspecified atom stereocenters. The lowest BCUT2D eigenvalue weighted by molar-refractivity contribution is 0.654. The van der Waals surface area contributed by atoms with Gasteiger partial charge in [-0.3, -0.25) is 0 Å². The van der Waals surface area contributed by atoms with Gasteiger partial charge in [-0.25, -0.2) is 4.39 Å². The summed E-state index contributed by atoms with van der Waals surface area (Å²) in [6.45, 7) is 7.87. The highest BCUT2D eigenvalue weighted by molar-refractivity contribution is 5.26. The molecule has 0 aromatic heterocycles. The Bertz CT molecular complexity index is 219. The molecule has 0 aromatic rings. The number of rotatable bonds is 4. The lowest BCUT2D eigenvalue weighted by Gasteiger charge is -1.95. The highest BCUT2D eigenvalue weighted by Gasteiger charge is 1.93. The lowest BCUT2D eigenvalue weighted by atomic mass is 10.1. The summed E-state index contributed by atoms with van der Waals surface area (Å²) < 4.78 is 13.2. The Labute approximate surface area is 80.9 Å². The van der Waals surface area contributed by atoms with Crippen LogP contribution < -0.4 is 0 Å². The Morgan fingerprint density at radius 2 is 1.92 bits per heavy atom. The first-order valence-corrected chi connectivity index (χ1v) is 4.79. The van der Waals surface area contributed by atoms with Gasteiger partial charge in [-0.1, -0.05) is 39.0 Å². The summed E-state index contributed by atoms with van der Waals surface area (Å²) in [7, 11) is 0. The maximum Gasteiger partial charge on any atom is 0.125 e. The van der Waals surface area contributed by atoms with Gasteiger partial charge in [0.15, 0.2) is 0 Å². The number of hydrogen-bond donors (Lipinski definition) is 0. The third-order valence-corrected chi connectivity index (χ3v) is 1.61. The van der Waals surface area contributed by atoms with Crippen LogP contribution in [-0.2, 0) is 0 Å². The van der Waals surface area contributed by atoms with E-state index in [1.165, 1.54) is 0 Å². The van der Waals surface area contributed by atoms with Gasteiger partial charge in [0.05, 0.1) is 0 Å². The Balaban J connectivity index is 4.35. The van der Waals surface area contributed by atoms with E-state index in [1.54, 1.807) is 13.0 Å². The third-order valence-electron chi connectivity index (χ3n) is 1.61. The third kappa shape index (κ3) is 6.32. The molecular weight excluding hydrogens is 163 g/mol. The van der Waals surface area contributed by atoms with E-state index < -0.39 is 0 Å². The first kappa shape index (κ1) is 12.2. The second kappa shape index (κ2) is 6.64. The first-order chi connectivity index (χ1) is 6.07. The van der Waals surface area contributed by atoms with Crippen LogP contribution in [0.25, 0.3) is 0 Å². The predicted octanol–water partition coefficient (Wildman–Crippen LogP) is 4.41. The van der Waals surface area contributed by atoms with Gasteiger partial charge in [0.2, 0.25) is 0 Å². The van der Waals surface area contributed by atoms with Crippen LogP contribution in [0.1, 0.15) is 34.1 Å². The van der Waals surface area contributed by atoms with E-state index >= 15 is 0 Å². The number of halogens is 1. The molecule has 0 rings (SSSR count). The topological polar surface area (TPSA) is 0 Å². The SMILES string of the molecule is CC\C=C/C(C)=C(F)\C=C\C(C)C. The van der Waals surface area contributed by atoms with Crippen LogP contribution in [0.3, 0.4) is 0 Å². The van der Waals surface area contributed by atoms with Crippen molar-refractivity contribution in [1.82, 2.24) is 0 Å². The van der Waals surface area contributed by atoms with E-state index in [0.717, 1.165) is 6.42 Å². The minimum absolute atomic E-state index is 0.140. The molecule has 0 heterocycles. The van der Waals surface area contributed by atoms with E-state index in [1.807, 2.05) is 39.0 Å². The van der Waals surface area contributed by atoms with Crippen LogP contribution in [0.15, 0.2) is 35.7 Å². The fourth-order valence-electron chi connectivity index (χ4n) is 0.783. The summed E-state index contributed by atoms with van der Waals surface area (Å²) >= 11 is 0. The Hall–Kier alpha value is -0.850. The molecule has 0 aliphatic heterocycles. The molecule has 0 radical (unpaired) electrons. The monoisotopic (exact) mass is 182 g/mol. The van der Waals surface area contributed by atoms with Crippen molar-refractivity contribution >= 4 is 0 Å². The molecule has 74 valence electrons. The smallest absolute Gasteiger partial charge is 0.125 e. The van der Waals surface area contributed by atoms with Crippen molar-refractivity contribution in [3.8, 4) is 0 Å². The summed E-state index contributed by atoms with van der Waals surface area (Å²) in [4.78, 5) is 0. The maximum absolute atomic E-state index is 13.2. The van der Waals surface area contributed by atoms with Gasteiger partial charge in [-0.15, -0.1) is 0 Å². The zero-order chi connectivity index (χ0) is 10.3. The van der Waals surface area contributed by atoms with Crippen molar-refractivity contribution in [3.63, 3.8) is 0 Å². The van der Waals surface area contributed by atoms with E-state index in [4.69, 9.17) is 0 Å². The Kier molecular flexibility index (Phi) is 6.21. The molecular formula is C12H19F. The number of hydrogen-bond acceptors (Lipinski definition) is 0. The normalized spacial score (nSPS) is 14.6. The molecule has 0 nitrogen and oxygen atoms in total. The summed E-state index contributed by atoms with van der Waals surface area (Å²) in [6.07, 6.45) is 8.12. The van der Waals surface area contributed by atoms with E-state index in [2.05, 4.69) is 0 Å². The second-order valence-corrected chi connectivity index (χ2v) is 3.44. The molecule has 0 N–H and O–H groups in total. The van der Waals surface area contributed by atoms with Gasteiger partial charge >= 0.3 is 0 Å². The van der Waals surface area contributed by atoms with Crippen molar-refractivity contribution in [3.05, 3.63) is 35.7 Å². The van der Waals surface area contributed by atoms with Crippen LogP contribution in [0, 0.1) is 5.92 Å². The van der Waals surface area contributed by atoms with Crippen LogP contribution in [-0.4, -0.2) is 0 Å². The van der Waals surface area contributed by atoms with Crippen molar-refractivity contribution in [2.24, 2.45) is 5.92 Å². The van der Waals surface area contributed by atoms with E-state index in [-0.39, 0.29) is 5.83 Å². The molecule has 1 heteroatoms. The van der Waals surface area contributed by atoms with Gasteiger partial charge in [-0.2, -0.15) is 0 Å². The highest BCUT2D eigenvalue weighted by atomic mass is 19.1. The molecule has 0 saturated heterocycles. The van der Waals surface area contributed by atoms with Gasteiger partial charge < -0.3 is 0 Å². The zero-order valence-corrected chi connectivity index (χ0v) is 8.97. The van der Waals surface area contributed by atoms with Crippen LogP contribution in [0.5, 0.6) is 0 Å². The van der Waals surface area contributed by atoms with Gasteiger partial charge in [0, 0.05) is 0 Å². The fourth-order valence-corrected chi connectivity index (χ4v) is 0.783. The van der Waals surface area contributed by atoms with Crippen molar-refractivity contribution in [2.75, 3.05) is 0 Å². The van der Waals surface area contributed by atoms with E-state index in [0.29, 0.717) is 11.5 Å². The minimum Gasteiger partial charge on any atom is -0.207 e. The molecule has 0 spiro atoms. The summed E-state index contributed by atoms with van der Waals surface area (Å²) in [6, 6.07) is 0. The van der Waals surface area contributed by atoms with Crippen LogP contribution >= 0.6 is 0 Å². The second-order valence-electron chi connectivity index (χ2n) is 3.44. The lowest BCUT2D eigenvalue weighted by Crippen LogP contribution is -1.79. The first-order valence-electron chi connectivity index (χ1n) is 4.79. The quantitative estimate of drug-likeness (QED) is 0.565. The molecule has 13 heavy (non-hydrogen) atoms. The fraction of sp³-hybridized carbons (Fsp3) is 0.500.